The van der Waals surface area contributed by atoms with Crippen molar-refractivity contribution in [2.45, 2.75) is 51.6 Å². The Morgan fingerprint density at radius 2 is 2.12 bits per heavy atom. The van der Waals surface area contributed by atoms with Crippen LogP contribution in [0.15, 0.2) is 0 Å². The first-order valence-electron chi connectivity index (χ1n) is 6.60. The highest BCUT2D eigenvalue weighted by molar-refractivity contribution is 5.82. The SMILES string of the molecule is CCC1(C(=O)NCCC(O)COC)CCCC1. The molecule has 1 aliphatic rings. The van der Waals surface area contributed by atoms with E-state index in [0.29, 0.717) is 19.6 Å². The summed E-state index contributed by atoms with van der Waals surface area (Å²) in [6.45, 7) is 2.95. The number of methoxy groups -OCH3 is 1. The van der Waals surface area contributed by atoms with E-state index in [0.717, 1.165) is 32.1 Å². The summed E-state index contributed by atoms with van der Waals surface area (Å²) in [5.74, 6) is 0.169. The number of carbonyl (C=O) groups excluding carboxylic acids is 1. The van der Waals surface area contributed by atoms with Crippen LogP contribution < -0.4 is 5.32 Å². The van der Waals surface area contributed by atoms with Crippen molar-refractivity contribution in [3.8, 4) is 0 Å². The van der Waals surface area contributed by atoms with E-state index in [1.807, 2.05) is 0 Å². The summed E-state index contributed by atoms with van der Waals surface area (Å²) in [4.78, 5) is 12.1. The highest BCUT2D eigenvalue weighted by Gasteiger charge is 2.38. The Kier molecular flexibility index (Phi) is 5.92. The van der Waals surface area contributed by atoms with E-state index in [1.54, 1.807) is 7.11 Å². The quantitative estimate of drug-likeness (QED) is 0.712. The predicted octanol–water partition coefficient (Wildman–Crippen LogP) is 1.47. The van der Waals surface area contributed by atoms with E-state index >= 15 is 0 Å². The summed E-state index contributed by atoms with van der Waals surface area (Å²) in [7, 11) is 1.56. The molecule has 100 valence electrons. The summed E-state index contributed by atoms with van der Waals surface area (Å²) >= 11 is 0. The first-order chi connectivity index (χ1) is 8.14. The van der Waals surface area contributed by atoms with E-state index in [9.17, 15) is 9.90 Å². The van der Waals surface area contributed by atoms with Crippen molar-refractivity contribution >= 4 is 5.91 Å². The van der Waals surface area contributed by atoms with Gasteiger partial charge in [-0.05, 0) is 25.7 Å². The molecule has 0 radical (unpaired) electrons. The van der Waals surface area contributed by atoms with Gasteiger partial charge >= 0.3 is 0 Å². The third-order valence-corrected chi connectivity index (χ3v) is 3.84. The fraction of sp³-hybridized carbons (Fsp3) is 0.923. The van der Waals surface area contributed by atoms with Crippen molar-refractivity contribution in [2.24, 2.45) is 5.41 Å². The van der Waals surface area contributed by atoms with E-state index in [2.05, 4.69) is 12.2 Å². The smallest absolute Gasteiger partial charge is 0.226 e. The molecule has 1 unspecified atom stereocenters. The molecule has 1 amide bonds. The van der Waals surface area contributed by atoms with Crippen LogP contribution in [0, 0.1) is 5.41 Å². The van der Waals surface area contributed by atoms with Gasteiger partial charge in [-0.1, -0.05) is 19.8 Å². The number of carbonyl (C=O) groups is 1. The number of nitrogens with one attached hydrogen (secondary N) is 1. The first-order valence-corrected chi connectivity index (χ1v) is 6.60. The van der Waals surface area contributed by atoms with Gasteiger partial charge in [-0.3, -0.25) is 4.79 Å². The maximum absolute atomic E-state index is 12.1. The van der Waals surface area contributed by atoms with E-state index < -0.39 is 6.10 Å². The van der Waals surface area contributed by atoms with Gasteiger partial charge in [0.15, 0.2) is 0 Å². The normalized spacial score (nSPS) is 20.2. The summed E-state index contributed by atoms with van der Waals surface area (Å²) in [5, 5.41) is 12.4. The fourth-order valence-corrected chi connectivity index (χ4v) is 2.61. The second kappa shape index (κ2) is 6.97. The van der Waals surface area contributed by atoms with Crippen molar-refractivity contribution in [2.75, 3.05) is 20.3 Å². The molecule has 0 bridgehead atoms. The van der Waals surface area contributed by atoms with Crippen LogP contribution in [0.3, 0.4) is 0 Å². The second-order valence-electron chi connectivity index (χ2n) is 4.99. The van der Waals surface area contributed by atoms with E-state index in [-0.39, 0.29) is 11.3 Å². The van der Waals surface area contributed by atoms with Crippen molar-refractivity contribution < 1.29 is 14.6 Å². The zero-order valence-electron chi connectivity index (χ0n) is 11.0. The Bertz CT molecular complexity index is 237. The molecule has 0 saturated heterocycles. The molecule has 1 aliphatic carbocycles. The van der Waals surface area contributed by atoms with Crippen LogP contribution in [0.1, 0.15) is 45.4 Å². The molecular formula is C13H25NO3. The van der Waals surface area contributed by atoms with Crippen LogP contribution >= 0.6 is 0 Å². The lowest BCUT2D eigenvalue weighted by Crippen LogP contribution is -2.40. The summed E-state index contributed by atoms with van der Waals surface area (Å²) in [6.07, 6.45) is 5.33. The number of hydrogen-bond acceptors (Lipinski definition) is 3. The Hall–Kier alpha value is -0.610. The third-order valence-electron chi connectivity index (χ3n) is 3.84. The Morgan fingerprint density at radius 1 is 1.47 bits per heavy atom. The van der Waals surface area contributed by atoms with E-state index in [4.69, 9.17) is 4.74 Å². The van der Waals surface area contributed by atoms with Gasteiger partial charge in [-0.2, -0.15) is 0 Å². The van der Waals surface area contributed by atoms with Gasteiger partial charge in [-0.25, -0.2) is 0 Å². The van der Waals surface area contributed by atoms with Gasteiger partial charge in [-0.15, -0.1) is 0 Å². The highest BCUT2D eigenvalue weighted by Crippen LogP contribution is 2.40. The molecule has 0 heterocycles. The van der Waals surface area contributed by atoms with Gasteiger partial charge in [0, 0.05) is 19.1 Å². The van der Waals surface area contributed by atoms with Crippen molar-refractivity contribution in [3.63, 3.8) is 0 Å². The average Bonchev–Trinajstić information content (AvgIpc) is 2.79. The lowest BCUT2D eigenvalue weighted by molar-refractivity contribution is -0.131. The molecule has 4 nitrogen and oxygen atoms in total. The second-order valence-corrected chi connectivity index (χ2v) is 4.99. The molecule has 17 heavy (non-hydrogen) atoms. The maximum atomic E-state index is 12.1. The molecule has 1 fully saturated rings. The monoisotopic (exact) mass is 243 g/mol. The van der Waals surface area contributed by atoms with Crippen molar-refractivity contribution in [1.29, 1.82) is 0 Å². The minimum atomic E-state index is -0.485. The number of rotatable bonds is 7. The maximum Gasteiger partial charge on any atom is 0.226 e. The molecule has 0 aliphatic heterocycles. The Balaban J connectivity index is 2.28. The van der Waals surface area contributed by atoms with E-state index in [1.165, 1.54) is 0 Å². The number of aliphatic hydroxyl groups excluding tert-OH is 1. The summed E-state index contributed by atoms with van der Waals surface area (Å²) in [5.41, 5.74) is -0.133. The molecule has 0 aromatic rings. The lowest BCUT2D eigenvalue weighted by Gasteiger charge is -2.26. The molecule has 2 N–H and O–H groups in total. The predicted molar refractivity (Wildman–Crippen MR) is 66.7 cm³/mol. The minimum Gasteiger partial charge on any atom is -0.391 e. The number of amides is 1. The van der Waals surface area contributed by atoms with Gasteiger partial charge in [0.25, 0.3) is 0 Å². The summed E-state index contributed by atoms with van der Waals surface area (Å²) in [6, 6.07) is 0. The number of ether oxygens (including phenoxy) is 1. The van der Waals surface area contributed by atoms with Crippen LogP contribution in [0.5, 0.6) is 0 Å². The fourth-order valence-electron chi connectivity index (χ4n) is 2.61. The number of aliphatic hydroxyl groups is 1. The molecule has 1 rings (SSSR count). The van der Waals surface area contributed by atoms with Crippen LogP contribution in [-0.2, 0) is 9.53 Å². The molecule has 0 aromatic carbocycles. The molecule has 0 aromatic heterocycles. The highest BCUT2D eigenvalue weighted by atomic mass is 16.5. The molecule has 1 atom stereocenters. The van der Waals surface area contributed by atoms with Gasteiger partial charge < -0.3 is 15.2 Å². The van der Waals surface area contributed by atoms with Crippen LogP contribution in [-0.4, -0.2) is 37.4 Å². The minimum absolute atomic E-state index is 0.133. The topological polar surface area (TPSA) is 58.6 Å². The summed E-state index contributed by atoms with van der Waals surface area (Å²) < 4.78 is 4.84. The lowest BCUT2D eigenvalue weighted by atomic mass is 9.82. The molecule has 0 spiro atoms. The molecular weight excluding hydrogens is 218 g/mol. The Labute approximate surface area is 104 Å². The zero-order valence-corrected chi connectivity index (χ0v) is 11.0. The van der Waals surface area contributed by atoms with Gasteiger partial charge in [0.2, 0.25) is 5.91 Å². The third kappa shape index (κ3) is 3.96. The van der Waals surface area contributed by atoms with Crippen LogP contribution in [0.25, 0.3) is 0 Å². The first kappa shape index (κ1) is 14.5. The van der Waals surface area contributed by atoms with Crippen molar-refractivity contribution in [1.82, 2.24) is 5.32 Å². The molecule has 1 saturated carbocycles. The van der Waals surface area contributed by atoms with Gasteiger partial charge in [0.05, 0.1) is 12.7 Å². The molecule has 4 heteroatoms. The zero-order chi connectivity index (χ0) is 12.7. The van der Waals surface area contributed by atoms with Crippen molar-refractivity contribution in [3.05, 3.63) is 0 Å². The largest absolute Gasteiger partial charge is 0.391 e. The van der Waals surface area contributed by atoms with Gasteiger partial charge in [0.1, 0.15) is 0 Å². The average molecular weight is 243 g/mol. The standard InChI is InChI=1S/C13H25NO3/c1-3-13(7-4-5-8-13)12(16)14-9-6-11(15)10-17-2/h11,15H,3-10H2,1-2H3,(H,14,16). The van der Waals surface area contributed by atoms with Crippen LogP contribution in [0.4, 0.5) is 0 Å². The van der Waals surface area contributed by atoms with Crippen LogP contribution in [0.2, 0.25) is 0 Å². The number of hydrogen-bond donors (Lipinski definition) is 2. The Morgan fingerprint density at radius 3 is 2.65 bits per heavy atom.